The number of hydrogen-bond donors (Lipinski definition) is 3. The molecule has 0 bridgehead atoms. The van der Waals surface area contributed by atoms with Crippen molar-refractivity contribution < 1.29 is 20.2 Å². The van der Waals surface area contributed by atoms with E-state index in [4.69, 9.17) is 21.1 Å². The fourth-order valence-electron chi connectivity index (χ4n) is 2.10. The van der Waals surface area contributed by atoms with E-state index in [1.807, 2.05) is 36.4 Å². The van der Waals surface area contributed by atoms with Gasteiger partial charge in [-0.2, -0.15) is 0 Å². The molecule has 0 aliphatic carbocycles. The molecule has 0 spiro atoms. The lowest BCUT2D eigenvalue weighted by atomic mass is 10.2. The molecular weight excluding hydrogens is 288 g/mol. The second-order valence-electron chi connectivity index (χ2n) is 5.22. The molecule has 0 aliphatic heterocycles. The van der Waals surface area contributed by atoms with Gasteiger partial charge in [0.2, 0.25) is 0 Å². The Morgan fingerprint density at radius 2 is 1.81 bits per heavy atom. The summed E-state index contributed by atoms with van der Waals surface area (Å²) in [5.41, 5.74) is 1.04. The minimum Gasteiger partial charge on any atom is -0.455 e. The van der Waals surface area contributed by atoms with E-state index in [1.165, 1.54) is 0 Å². The van der Waals surface area contributed by atoms with Crippen molar-refractivity contribution in [2.24, 2.45) is 0 Å². The van der Waals surface area contributed by atoms with Crippen LogP contribution in [0.2, 0.25) is 5.02 Å². The predicted molar refractivity (Wildman–Crippen MR) is 83.0 cm³/mol. The molecule has 114 valence electrons. The summed E-state index contributed by atoms with van der Waals surface area (Å²) in [7, 11) is 0. The fourth-order valence-corrected chi connectivity index (χ4v) is 2.22. The zero-order valence-electron chi connectivity index (χ0n) is 12.3. The van der Waals surface area contributed by atoms with Gasteiger partial charge in [0.25, 0.3) is 0 Å². The molecule has 2 aromatic rings. The van der Waals surface area contributed by atoms with Gasteiger partial charge in [-0.1, -0.05) is 11.6 Å². The SMILES string of the molecule is C[C@@H](O)C[NH2+]CC[NH2+]Cc1ccc(-c2ccc(Cl)cc2)o1. The van der Waals surface area contributed by atoms with Crippen LogP contribution in [-0.4, -0.2) is 30.8 Å². The van der Waals surface area contributed by atoms with Gasteiger partial charge in [-0.05, 0) is 43.3 Å². The van der Waals surface area contributed by atoms with E-state index in [0.29, 0.717) is 0 Å². The van der Waals surface area contributed by atoms with E-state index in [-0.39, 0.29) is 6.10 Å². The number of aliphatic hydroxyl groups excluding tert-OH is 1. The number of benzene rings is 1. The number of nitrogens with two attached hydrogens (primary N) is 2. The topological polar surface area (TPSA) is 66.6 Å². The lowest BCUT2D eigenvalue weighted by Gasteiger charge is -2.03. The van der Waals surface area contributed by atoms with E-state index >= 15 is 0 Å². The molecule has 0 amide bonds. The molecule has 1 atom stereocenters. The maximum atomic E-state index is 9.15. The molecule has 21 heavy (non-hydrogen) atoms. The Morgan fingerprint density at radius 1 is 1.10 bits per heavy atom. The van der Waals surface area contributed by atoms with Gasteiger partial charge in [-0.15, -0.1) is 0 Å². The molecular formula is C16H23ClN2O2+2. The zero-order valence-corrected chi connectivity index (χ0v) is 13.0. The molecule has 1 aromatic carbocycles. The average Bonchev–Trinajstić information content (AvgIpc) is 2.92. The molecule has 4 nitrogen and oxygen atoms in total. The van der Waals surface area contributed by atoms with Crippen molar-refractivity contribution in [3.8, 4) is 11.3 Å². The number of quaternary nitrogens is 2. The molecule has 0 saturated carbocycles. The van der Waals surface area contributed by atoms with Crippen molar-refractivity contribution in [2.75, 3.05) is 19.6 Å². The molecule has 0 fully saturated rings. The lowest BCUT2D eigenvalue weighted by molar-refractivity contribution is -0.733. The lowest BCUT2D eigenvalue weighted by Crippen LogP contribution is -2.95. The summed E-state index contributed by atoms with van der Waals surface area (Å²) in [6, 6.07) is 11.7. The number of hydrogen-bond acceptors (Lipinski definition) is 2. The minimum atomic E-state index is -0.239. The van der Waals surface area contributed by atoms with Crippen LogP contribution in [0.1, 0.15) is 12.7 Å². The van der Waals surface area contributed by atoms with Gasteiger partial charge >= 0.3 is 0 Å². The smallest absolute Gasteiger partial charge is 0.158 e. The van der Waals surface area contributed by atoms with Crippen LogP contribution in [-0.2, 0) is 6.54 Å². The van der Waals surface area contributed by atoms with Crippen molar-refractivity contribution >= 4 is 11.6 Å². The number of furan rings is 1. The van der Waals surface area contributed by atoms with E-state index < -0.39 is 0 Å². The summed E-state index contributed by atoms with van der Waals surface area (Å²) in [6.45, 7) is 5.39. The first-order valence-electron chi connectivity index (χ1n) is 7.31. The van der Waals surface area contributed by atoms with Crippen LogP contribution < -0.4 is 10.6 Å². The van der Waals surface area contributed by atoms with Gasteiger partial charge in [0.15, 0.2) is 5.76 Å². The molecule has 5 heteroatoms. The van der Waals surface area contributed by atoms with Crippen molar-refractivity contribution in [1.82, 2.24) is 0 Å². The third-order valence-corrected chi connectivity index (χ3v) is 3.47. The zero-order chi connectivity index (χ0) is 15.1. The van der Waals surface area contributed by atoms with Gasteiger partial charge in [0, 0.05) is 10.6 Å². The Bertz CT molecular complexity index is 537. The Balaban J connectivity index is 1.74. The first-order chi connectivity index (χ1) is 10.1. The maximum Gasteiger partial charge on any atom is 0.158 e. The summed E-state index contributed by atoms with van der Waals surface area (Å²) < 4.78 is 5.83. The minimum absolute atomic E-state index is 0.239. The van der Waals surface area contributed by atoms with Crippen LogP contribution in [0.25, 0.3) is 11.3 Å². The summed E-state index contributed by atoms with van der Waals surface area (Å²) in [5.74, 6) is 1.84. The Kier molecular flexibility index (Phi) is 6.26. The molecule has 1 heterocycles. The first kappa shape index (κ1) is 16.0. The summed E-state index contributed by atoms with van der Waals surface area (Å²) >= 11 is 5.88. The monoisotopic (exact) mass is 310 g/mol. The second-order valence-corrected chi connectivity index (χ2v) is 5.65. The van der Waals surface area contributed by atoms with Crippen LogP contribution in [0.15, 0.2) is 40.8 Å². The molecule has 0 saturated heterocycles. The van der Waals surface area contributed by atoms with Crippen LogP contribution >= 0.6 is 11.6 Å². The maximum absolute atomic E-state index is 9.15. The molecule has 0 radical (unpaired) electrons. The van der Waals surface area contributed by atoms with Crippen molar-refractivity contribution in [2.45, 2.75) is 19.6 Å². The third-order valence-electron chi connectivity index (χ3n) is 3.22. The number of halogens is 1. The van der Waals surface area contributed by atoms with E-state index in [2.05, 4.69) is 10.6 Å². The molecule has 5 N–H and O–H groups in total. The van der Waals surface area contributed by atoms with E-state index in [9.17, 15) is 0 Å². The standard InChI is InChI=1S/C16H21ClN2O2/c1-12(20)10-18-8-9-19-11-15-6-7-16(21-15)13-2-4-14(17)5-3-13/h2-7,12,18-20H,8-11H2,1H3/p+2/t12-/m1/s1. The normalized spacial score (nSPS) is 12.5. The number of aliphatic hydroxyl groups is 1. The molecule has 0 aliphatic rings. The highest BCUT2D eigenvalue weighted by atomic mass is 35.5. The quantitative estimate of drug-likeness (QED) is 0.625. The first-order valence-corrected chi connectivity index (χ1v) is 7.69. The van der Waals surface area contributed by atoms with Gasteiger partial charge in [-0.25, -0.2) is 0 Å². The Labute approximate surface area is 130 Å². The molecule has 2 rings (SSSR count). The number of rotatable bonds is 8. The van der Waals surface area contributed by atoms with Gasteiger partial charge in [0.1, 0.15) is 31.9 Å². The summed E-state index contributed by atoms with van der Waals surface area (Å²) in [6.07, 6.45) is -0.239. The van der Waals surface area contributed by atoms with Crippen molar-refractivity contribution in [3.63, 3.8) is 0 Å². The van der Waals surface area contributed by atoms with Gasteiger partial charge < -0.3 is 20.2 Å². The molecule has 0 unspecified atom stereocenters. The van der Waals surface area contributed by atoms with Crippen molar-refractivity contribution in [1.29, 1.82) is 0 Å². The fraction of sp³-hybridized carbons (Fsp3) is 0.375. The summed E-state index contributed by atoms with van der Waals surface area (Å²) in [4.78, 5) is 0. The largest absolute Gasteiger partial charge is 0.455 e. The van der Waals surface area contributed by atoms with Crippen LogP contribution in [0.4, 0.5) is 0 Å². The predicted octanol–water partition coefficient (Wildman–Crippen LogP) is 0.608. The van der Waals surface area contributed by atoms with Crippen LogP contribution in [0.5, 0.6) is 0 Å². The third kappa shape index (κ3) is 5.52. The Morgan fingerprint density at radius 3 is 2.52 bits per heavy atom. The van der Waals surface area contributed by atoms with Crippen molar-refractivity contribution in [3.05, 3.63) is 47.2 Å². The van der Waals surface area contributed by atoms with E-state index in [0.717, 1.165) is 48.3 Å². The van der Waals surface area contributed by atoms with Gasteiger partial charge in [-0.3, -0.25) is 0 Å². The highest BCUT2D eigenvalue weighted by Gasteiger charge is 2.06. The Hall–Kier alpha value is -1.33. The molecule has 1 aromatic heterocycles. The summed E-state index contributed by atoms with van der Waals surface area (Å²) in [5, 5.41) is 14.2. The second kappa shape index (κ2) is 8.20. The average molecular weight is 311 g/mol. The van der Waals surface area contributed by atoms with E-state index in [1.54, 1.807) is 6.92 Å². The highest BCUT2D eigenvalue weighted by molar-refractivity contribution is 6.30. The van der Waals surface area contributed by atoms with Crippen LogP contribution in [0, 0.1) is 0 Å². The highest BCUT2D eigenvalue weighted by Crippen LogP contribution is 2.23. The van der Waals surface area contributed by atoms with Crippen LogP contribution in [0.3, 0.4) is 0 Å². The van der Waals surface area contributed by atoms with Gasteiger partial charge in [0.05, 0.1) is 6.10 Å².